The lowest BCUT2D eigenvalue weighted by molar-refractivity contribution is 0.0874. The molecule has 0 radical (unpaired) electrons. The first kappa shape index (κ1) is 14.2. The van der Waals surface area contributed by atoms with Gasteiger partial charge in [0.05, 0.1) is 16.1 Å². The molecule has 1 aliphatic carbocycles. The molecule has 1 saturated carbocycles. The summed E-state index contributed by atoms with van der Waals surface area (Å²) in [5.74, 6) is -0.242. The van der Waals surface area contributed by atoms with Gasteiger partial charge < -0.3 is 16.2 Å². The summed E-state index contributed by atoms with van der Waals surface area (Å²) < 4.78 is 0. The molecule has 104 valence electrons. The Kier molecular flexibility index (Phi) is 4.32. The Morgan fingerprint density at radius 3 is 2.68 bits per heavy atom. The Labute approximate surface area is 117 Å². The minimum absolute atomic E-state index is 0.0278. The third kappa shape index (κ3) is 3.19. The molecule has 19 heavy (non-hydrogen) atoms. The van der Waals surface area contributed by atoms with Gasteiger partial charge in [0.25, 0.3) is 5.91 Å². The molecule has 1 aromatic rings. The molecule has 0 unspecified atom stereocenters. The van der Waals surface area contributed by atoms with Crippen molar-refractivity contribution < 1.29 is 9.90 Å². The number of rotatable bonds is 3. The predicted octanol–water partition coefficient (Wildman–Crippen LogP) is 2.44. The number of nitrogens with two attached hydrogens (primary N) is 1. The summed E-state index contributed by atoms with van der Waals surface area (Å²) in [5.41, 5.74) is 5.80. The first-order valence-corrected chi connectivity index (χ1v) is 6.95. The molecule has 0 atom stereocenters. The van der Waals surface area contributed by atoms with Crippen LogP contribution in [-0.2, 0) is 0 Å². The molecule has 5 heteroatoms. The van der Waals surface area contributed by atoms with Crippen LogP contribution in [0.5, 0.6) is 5.75 Å². The largest absolute Gasteiger partial charge is 0.508 e. The van der Waals surface area contributed by atoms with Gasteiger partial charge in [0, 0.05) is 6.54 Å². The topological polar surface area (TPSA) is 75.3 Å². The maximum atomic E-state index is 12.3. The first-order valence-electron chi connectivity index (χ1n) is 6.57. The van der Waals surface area contributed by atoms with Crippen LogP contribution in [0.3, 0.4) is 0 Å². The van der Waals surface area contributed by atoms with Gasteiger partial charge in [0.15, 0.2) is 0 Å². The van der Waals surface area contributed by atoms with Crippen molar-refractivity contribution >= 4 is 17.5 Å². The van der Waals surface area contributed by atoms with E-state index in [9.17, 15) is 9.90 Å². The van der Waals surface area contributed by atoms with E-state index < -0.39 is 0 Å². The van der Waals surface area contributed by atoms with Crippen molar-refractivity contribution in [2.75, 3.05) is 6.54 Å². The number of nitrogens with one attached hydrogen (secondary N) is 1. The van der Waals surface area contributed by atoms with Crippen LogP contribution in [0.2, 0.25) is 5.02 Å². The van der Waals surface area contributed by atoms with Gasteiger partial charge in [0.1, 0.15) is 5.75 Å². The zero-order chi connectivity index (χ0) is 13.9. The Balaban J connectivity index is 2.17. The van der Waals surface area contributed by atoms with Gasteiger partial charge >= 0.3 is 0 Å². The van der Waals surface area contributed by atoms with Gasteiger partial charge in [0.2, 0.25) is 0 Å². The van der Waals surface area contributed by atoms with E-state index in [0.29, 0.717) is 17.1 Å². The highest BCUT2D eigenvalue weighted by atomic mass is 35.5. The number of hydrogen-bond acceptors (Lipinski definition) is 3. The first-order chi connectivity index (χ1) is 9.06. The van der Waals surface area contributed by atoms with Gasteiger partial charge in [-0.15, -0.1) is 0 Å². The molecular weight excluding hydrogens is 264 g/mol. The molecule has 4 N–H and O–H groups in total. The fourth-order valence-electron chi connectivity index (χ4n) is 2.60. The molecule has 0 bridgehead atoms. The standard InChI is InChI=1S/C14H19ClN2O2/c15-12-5-4-10(18)8-11(12)13(19)17-14(9-16)6-2-1-3-7-14/h4-5,8,18H,1-3,6-7,9,16H2,(H,17,19). The molecule has 0 aliphatic heterocycles. The number of phenols is 1. The fraction of sp³-hybridized carbons (Fsp3) is 0.500. The van der Waals surface area contributed by atoms with Crippen molar-refractivity contribution in [3.63, 3.8) is 0 Å². The van der Waals surface area contributed by atoms with Crippen LogP contribution in [0.25, 0.3) is 0 Å². The predicted molar refractivity (Wildman–Crippen MR) is 75.5 cm³/mol. The van der Waals surface area contributed by atoms with E-state index in [1.54, 1.807) is 0 Å². The lowest BCUT2D eigenvalue weighted by atomic mass is 9.81. The summed E-state index contributed by atoms with van der Waals surface area (Å²) in [6, 6.07) is 4.35. The SMILES string of the molecule is NCC1(NC(=O)c2cc(O)ccc2Cl)CCCCC1. The summed E-state index contributed by atoms with van der Waals surface area (Å²) in [5, 5.41) is 12.8. The van der Waals surface area contributed by atoms with Crippen molar-refractivity contribution in [2.24, 2.45) is 5.73 Å². The Morgan fingerprint density at radius 1 is 1.37 bits per heavy atom. The van der Waals surface area contributed by atoms with E-state index in [-0.39, 0.29) is 17.2 Å². The number of aromatic hydroxyl groups is 1. The molecule has 4 nitrogen and oxygen atoms in total. The highest BCUT2D eigenvalue weighted by Gasteiger charge is 2.32. The number of phenolic OH excluding ortho intramolecular Hbond substituents is 1. The minimum Gasteiger partial charge on any atom is -0.508 e. The summed E-state index contributed by atoms with van der Waals surface area (Å²) in [6.07, 6.45) is 5.12. The monoisotopic (exact) mass is 282 g/mol. The number of halogens is 1. The number of benzene rings is 1. The second-order valence-electron chi connectivity index (χ2n) is 5.16. The third-order valence-corrected chi connectivity index (χ3v) is 4.10. The molecule has 1 fully saturated rings. The Morgan fingerprint density at radius 2 is 2.05 bits per heavy atom. The third-order valence-electron chi connectivity index (χ3n) is 3.77. The quantitative estimate of drug-likeness (QED) is 0.797. The highest BCUT2D eigenvalue weighted by Crippen LogP contribution is 2.28. The smallest absolute Gasteiger partial charge is 0.253 e. The van der Waals surface area contributed by atoms with Crippen molar-refractivity contribution in [3.05, 3.63) is 28.8 Å². The lowest BCUT2D eigenvalue weighted by Gasteiger charge is -2.37. The molecule has 1 aromatic carbocycles. The normalized spacial score (nSPS) is 18.0. The van der Waals surface area contributed by atoms with Gasteiger partial charge in [-0.2, -0.15) is 0 Å². The van der Waals surface area contributed by atoms with Crippen LogP contribution in [-0.4, -0.2) is 23.1 Å². The van der Waals surface area contributed by atoms with Crippen molar-refractivity contribution in [2.45, 2.75) is 37.6 Å². The zero-order valence-corrected chi connectivity index (χ0v) is 11.5. The number of hydrogen-bond donors (Lipinski definition) is 3. The van der Waals surface area contributed by atoms with E-state index in [4.69, 9.17) is 17.3 Å². The van der Waals surface area contributed by atoms with Gasteiger partial charge in [-0.3, -0.25) is 4.79 Å². The average molecular weight is 283 g/mol. The molecule has 0 heterocycles. The van der Waals surface area contributed by atoms with E-state index in [2.05, 4.69) is 5.32 Å². The molecule has 0 aromatic heterocycles. The van der Waals surface area contributed by atoms with E-state index in [1.165, 1.54) is 24.6 Å². The van der Waals surface area contributed by atoms with Crippen molar-refractivity contribution in [1.29, 1.82) is 0 Å². The second-order valence-corrected chi connectivity index (χ2v) is 5.57. The van der Waals surface area contributed by atoms with Gasteiger partial charge in [-0.25, -0.2) is 0 Å². The summed E-state index contributed by atoms with van der Waals surface area (Å²) in [7, 11) is 0. The van der Waals surface area contributed by atoms with Crippen LogP contribution in [0.15, 0.2) is 18.2 Å². The minimum atomic E-state index is -0.329. The fourth-order valence-corrected chi connectivity index (χ4v) is 2.81. The molecule has 2 rings (SSSR count). The van der Waals surface area contributed by atoms with Crippen LogP contribution in [0, 0.1) is 0 Å². The van der Waals surface area contributed by atoms with Crippen LogP contribution in [0.4, 0.5) is 0 Å². The number of amides is 1. The van der Waals surface area contributed by atoms with Crippen molar-refractivity contribution in [3.8, 4) is 5.75 Å². The lowest BCUT2D eigenvalue weighted by Crippen LogP contribution is -2.54. The maximum absolute atomic E-state index is 12.3. The summed E-state index contributed by atoms with van der Waals surface area (Å²) >= 11 is 5.99. The molecular formula is C14H19ClN2O2. The number of carbonyl (C=O) groups is 1. The van der Waals surface area contributed by atoms with Crippen molar-refractivity contribution in [1.82, 2.24) is 5.32 Å². The molecule has 1 aliphatic rings. The van der Waals surface area contributed by atoms with E-state index >= 15 is 0 Å². The average Bonchev–Trinajstić information content (AvgIpc) is 2.42. The highest BCUT2D eigenvalue weighted by molar-refractivity contribution is 6.33. The van der Waals surface area contributed by atoms with Crippen LogP contribution < -0.4 is 11.1 Å². The molecule has 0 saturated heterocycles. The Bertz CT molecular complexity index is 471. The van der Waals surface area contributed by atoms with E-state index in [0.717, 1.165) is 25.7 Å². The van der Waals surface area contributed by atoms with E-state index in [1.807, 2.05) is 0 Å². The van der Waals surface area contributed by atoms with Crippen LogP contribution in [0.1, 0.15) is 42.5 Å². The summed E-state index contributed by atoms with van der Waals surface area (Å²) in [6.45, 7) is 0.426. The van der Waals surface area contributed by atoms with Crippen LogP contribution >= 0.6 is 11.6 Å². The molecule has 1 amide bonds. The van der Waals surface area contributed by atoms with Gasteiger partial charge in [-0.05, 0) is 31.0 Å². The zero-order valence-electron chi connectivity index (χ0n) is 10.8. The Hall–Kier alpha value is -1.26. The van der Waals surface area contributed by atoms with Gasteiger partial charge in [-0.1, -0.05) is 30.9 Å². The number of carbonyl (C=O) groups excluding carboxylic acids is 1. The second kappa shape index (κ2) is 5.80. The maximum Gasteiger partial charge on any atom is 0.253 e. The summed E-state index contributed by atoms with van der Waals surface area (Å²) in [4.78, 5) is 12.3. The molecule has 0 spiro atoms.